The minimum atomic E-state index is -3.90. The zero-order chi connectivity index (χ0) is 27.2. The zero-order valence-corrected chi connectivity index (χ0v) is 24.4. The molecule has 1 aliphatic carbocycles. The van der Waals surface area contributed by atoms with Crippen LogP contribution in [0.2, 0.25) is 5.02 Å². The molecular formula is C26H33BrClN3O5S. The van der Waals surface area contributed by atoms with E-state index in [0.29, 0.717) is 5.02 Å². The van der Waals surface area contributed by atoms with E-state index in [1.807, 2.05) is 24.3 Å². The Labute approximate surface area is 232 Å². The van der Waals surface area contributed by atoms with Crippen LogP contribution in [0.3, 0.4) is 0 Å². The molecule has 0 aliphatic heterocycles. The highest BCUT2D eigenvalue weighted by Gasteiger charge is 2.32. The van der Waals surface area contributed by atoms with Crippen molar-refractivity contribution in [3.8, 4) is 5.75 Å². The van der Waals surface area contributed by atoms with Gasteiger partial charge in [-0.25, -0.2) is 8.42 Å². The van der Waals surface area contributed by atoms with E-state index in [4.69, 9.17) is 16.3 Å². The van der Waals surface area contributed by atoms with Gasteiger partial charge >= 0.3 is 0 Å². The molecule has 1 atom stereocenters. The number of halogens is 2. The van der Waals surface area contributed by atoms with Crippen molar-refractivity contribution in [3.05, 3.63) is 57.5 Å². The first-order valence-electron chi connectivity index (χ1n) is 12.1. The highest BCUT2D eigenvalue weighted by molar-refractivity contribution is 9.10. The third-order valence-corrected chi connectivity index (χ3v) is 8.36. The fraction of sp³-hybridized carbons (Fsp3) is 0.462. The van der Waals surface area contributed by atoms with E-state index in [0.717, 1.165) is 52.7 Å². The lowest BCUT2D eigenvalue weighted by Gasteiger charge is -2.33. The van der Waals surface area contributed by atoms with Gasteiger partial charge in [0.1, 0.15) is 18.3 Å². The number of anilines is 1. The van der Waals surface area contributed by atoms with E-state index < -0.39 is 28.5 Å². The topological polar surface area (TPSA) is 96.0 Å². The number of sulfonamides is 1. The molecule has 0 radical (unpaired) electrons. The summed E-state index contributed by atoms with van der Waals surface area (Å²) in [6.07, 6.45) is 6.12. The molecule has 1 N–H and O–H groups in total. The van der Waals surface area contributed by atoms with E-state index >= 15 is 0 Å². The molecule has 0 heterocycles. The largest absolute Gasteiger partial charge is 0.495 e. The highest BCUT2D eigenvalue weighted by atomic mass is 79.9. The fourth-order valence-electron chi connectivity index (χ4n) is 4.39. The number of hydrogen-bond donors (Lipinski definition) is 1. The molecule has 1 fully saturated rings. The molecule has 37 heavy (non-hydrogen) atoms. The molecule has 2 amide bonds. The standard InChI is InChI=1S/C26H33BrClN3O5S/c1-18(26(33)29-22-7-5-4-6-8-22)30(16-19-9-11-20(27)12-10-19)25(32)17-31(37(3,34)35)23-15-21(28)13-14-24(23)36-2/h9-15,18,22H,4-8,16-17H2,1-3H3,(H,29,33). The van der Waals surface area contributed by atoms with Gasteiger partial charge in [0.15, 0.2) is 0 Å². The Morgan fingerprint density at radius 2 is 1.78 bits per heavy atom. The van der Waals surface area contributed by atoms with Crippen molar-refractivity contribution >= 4 is 55.1 Å². The third kappa shape index (κ3) is 8.09. The van der Waals surface area contributed by atoms with E-state index in [1.165, 1.54) is 18.1 Å². The van der Waals surface area contributed by atoms with Crippen LogP contribution in [-0.4, -0.2) is 57.1 Å². The van der Waals surface area contributed by atoms with Crippen LogP contribution in [0.15, 0.2) is 46.9 Å². The van der Waals surface area contributed by atoms with Crippen LogP contribution in [-0.2, 0) is 26.2 Å². The number of methoxy groups -OCH3 is 1. The van der Waals surface area contributed by atoms with E-state index in [2.05, 4.69) is 21.2 Å². The van der Waals surface area contributed by atoms with Crippen LogP contribution in [0.4, 0.5) is 5.69 Å². The molecule has 2 aromatic carbocycles. The van der Waals surface area contributed by atoms with Crippen molar-refractivity contribution < 1.29 is 22.7 Å². The lowest BCUT2D eigenvalue weighted by atomic mass is 9.95. The number of nitrogens with zero attached hydrogens (tertiary/aromatic N) is 2. The van der Waals surface area contributed by atoms with Crippen molar-refractivity contribution in [1.82, 2.24) is 10.2 Å². The molecule has 0 aromatic heterocycles. The summed E-state index contributed by atoms with van der Waals surface area (Å²) in [6, 6.07) is 11.2. The van der Waals surface area contributed by atoms with Gasteiger partial charge in [-0.2, -0.15) is 0 Å². The Balaban J connectivity index is 1.91. The molecule has 202 valence electrons. The number of hydrogen-bond acceptors (Lipinski definition) is 5. The van der Waals surface area contributed by atoms with Crippen LogP contribution >= 0.6 is 27.5 Å². The number of ether oxygens (including phenoxy) is 1. The molecular weight excluding hydrogens is 582 g/mol. The molecule has 0 spiro atoms. The smallest absolute Gasteiger partial charge is 0.244 e. The van der Waals surface area contributed by atoms with Gasteiger partial charge in [0.05, 0.1) is 19.1 Å². The average Bonchev–Trinajstić information content (AvgIpc) is 2.86. The van der Waals surface area contributed by atoms with Crippen molar-refractivity contribution in [3.63, 3.8) is 0 Å². The molecule has 1 saturated carbocycles. The summed E-state index contributed by atoms with van der Waals surface area (Å²) in [5.74, 6) is -0.532. The molecule has 1 unspecified atom stereocenters. The van der Waals surface area contributed by atoms with Gasteiger partial charge in [0, 0.05) is 22.1 Å². The molecule has 1 aliphatic rings. The Kier molecular flexibility index (Phi) is 10.3. The summed E-state index contributed by atoms with van der Waals surface area (Å²) < 4.78 is 32.8. The second-order valence-corrected chi connectivity index (χ2v) is 12.5. The van der Waals surface area contributed by atoms with Gasteiger partial charge in [-0.05, 0) is 55.7 Å². The van der Waals surface area contributed by atoms with Crippen molar-refractivity contribution in [2.75, 3.05) is 24.2 Å². The summed E-state index contributed by atoms with van der Waals surface area (Å²) >= 11 is 9.55. The third-order valence-electron chi connectivity index (χ3n) is 6.47. The normalized spacial score (nSPS) is 15.1. The summed E-state index contributed by atoms with van der Waals surface area (Å²) in [7, 11) is -2.49. The number of rotatable bonds is 10. The lowest BCUT2D eigenvalue weighted by Crippen LogP contribution is -2.53. The summed E-state index contributed by atoms with van der Waals surface area (Å²) in [5, 5.41) is 3.38. The molecule has 0 saturated heterocycles. The van der Waals surface area contributed by atoms with Crippen molar-refractivity contribution in [1.29, 1.82) is 0 Å². The molecule has 8 nitrogen and oxygen atoms in total. The maximum Gasteiger partial charge on any atom is 0.244 e. The van der Waals surface area contributed by atoms with Gasteiger partial charge in [-0.3, -0.25) is 13.9 Å². The first-order valence-corrected chi connectivity index (χ1v) is 15.2. The SMILES string of the molecule is COc1ccc(Cl)cc1N(CC(=O)N(Cc1ccc(Br)cc1)C(C)C(=O)NC1CCCCC1)S(C)(=O)=O. The first-order chi connectivity index (χ1) is 17.5. The summed E-state index contributed by atoms with van der Waals surface area (Å²) in [5.41, 5.74) is 0.953. The monoisotopic (exact) mass is 613 g/mol. The lowest BCUT2D eigenvalue weighted by molar-refractivity contribution is -0.139. The average molecular weight is 615 g/mol. The summed E-state index contributed by atoms with van der Waals surface area (Å²) in [6.45, 7) is 1.28. The van der Waals surface area contributed by atoms with Crippen LogP contribution in [0.25, 0.3) is 0 Å². The molecule has 3 rings (SSSR count). The second kappa shape index (κ2) is 13.0. The first kappa shape index (κ1) is 29.3. The predicted octanol–water partition coefficient (Wildman–Crippen LogP) is 4.74. The Morgan fingerprint density at radius 3 is 2.38 bits per heavy atom. The van der Waals surface area contributed by atoms with Crippen LogP contribution in [0.5, 0.6) is 5.75 Å². The maximum absolute atomic E-state index is 13.7. The van der Waals surface area contributed by atoms with Gasteiger partial charge in [0.2, 0.25) is 21.8 Å². The summed E-state index contributed by atoms with van der Waals surface area (Å²) in [4.78, 5) is 28.4. The molecule has 2 aromatic rings. The predicted molar refractivity (Wildman–Crippen MR) is 149 cm³/mol. The van der Waals surface area contributed by atoms with E-state index in [9.17, 15) is 18.0 Å². The van der Waals surface area contributed by atoms with Crippen LogP contribution < -0.4 is 14.4 Å². The number of benzene rings is 2. The van der Waals surface area contributed by atoms with Gasteiger partial charge in [-0.1, -0.05) is 58.9 Å². The molecule has 0 bridgehead atoms. The van der Waals surface area contributed by atoms with E-state index in [1.54, 1.807) is 19.1 Å². The van der Waals surface area contributed by atoms with Crippen LogP contribution in [0.1, 0.15) is 44.6 Å². The minimum absolute atomic E-state index is 0.0802. The Morgan fingerprint density at radius 1 is 1.14 bits per heavy atom. The van der Waals surface area contributed by atoms with Crippen molar-refractivity contribution in [2.24, 2.45) is 0 Å². The van der Waals surface area contributed by atoms with Crippen LogP contribution in [0, 0.1) is 0 Å². The second-order valence-electron chi connectivity index (χ2n) is 9.25. The van der Waals surface area contributed by atoms with Gasteiger partial charge < -0.3 is 15.0 Å². The fourth-order valence-corrected chi connectivity index (χ4v) is 5.67. The Bertz CT molecular complexity index is 1200. The number of carbonyl (C=O) groups is 2. The van der Waals surface area contributed by atoms with Gasteiger partial charge in [0.25, 0.3) is 0 Å². The number of carbonyl (C=O) groups excluding carboxylic acids is 2. The number of nitrogens with one attached hydrogen (secondary N) is 1. The van der Waals surface area contributed by atoms with Crippen molar-refractivity contribution in [2.45, 2.75) is 57.7 Å². The Hall–Kier alpha value is -2.30. The van der Waals surface area contributed by atoms with Gasteiger partial charge in [-0.15, -0.1) is 0 Å². The maximum atomic E-state index is 13.7. The molecule has 11 heteroatoms. The number of amides is 2. The minimum Gasteiger partial charge on any atom is -0.495 e. The quantitative estimate of drug-likeness (QED) is 0.417. The zero-order valence-electron chi connectivity index (χ0n) is 21.2. The highest BCUT2D eigenvalue weighted by Crippen LogP contribution is 2.33. The van der Waals surface area contributed by atoms with E-state index in [-0.39, 0.29) is 29.9 Å².